The first-order valence-electron chi connectivity index (χ1n) is 6.86. The number of benzene rings is 2. The first-order chi connectivity index (χ1) is 9.95. The third kappa shape index (κ3) is 4.23. The molecule has 0 aliphatic rings. The maximum Gasteiger partial charge on any atom is 0.319 e. The van der Waals surface area contributed by atoms with E-state index in [4.69, 9.17) is 11.6 Å². The average molecular weight is 303 g/mol. The van der Waals surface area contributed by atoms with Crippen LogP contribution in [0.3, 0.4) is 0 Å². The molecule has 110 valence electrons. The zero-order valence-corrected chi connectivity index (χ0v) is 13.2. The number of carbonyl (C=O) groups excluding carboxylic acids is 1. The van der Waals surface area contributed by atoms with Gasteiger partial charge in [-0.3, -0.25) is 0 Å². The number of anilines is 1. The van der Waals surface area contributed by atoms with Crippen LogP contribution in [-0.2, 0) is 0 Å². The monoisotopic (exact) mass is 302 g/mol. The molecule has 0 radical (unpaired) electrons. The van der Waals surface area contributed by atoms with Crippen molar-refractivity contribution in [1.29, 1.82) is 0 Å². The molecular formula is C17H19ClN2O. The lowest BCUT2D eigenvalue weighted by Crippen LogP contribution is -2.31. The lowest BCUT2D eigenvalue weighted by Gasteiger charge is -2.17. The highest BCUT2D eigenvalue weighted by molar-refractivity contribution is 6.30. The molecule has 2 amide bonds. The van der Waals surface area contributed by atoms with E-state index in [-0.39, 0.29) is 12.1 Å². The predicted octanol–water partition coefficient (Wildman–Crippen LogP) is 4.84. The van der Waals surface area contributed by atoms with Crippen molar-refractivity contribution in [3.05, 3.63) is 64.2 Å². The first kappa shape index (κ1) is 15.4. The molecule has 4 heteroatoms. The van der Waals surface area contributed by atoms with Gasteiger partial charge in [0.25, 0.3) is 0 Å². The van der Waals surface area contributed by atoms with Crippen LogP contribution in [0.5, 0.6) is 0 Å². The smallest absolute Gasteiger partial charge is 0.319 e. The number of nitrogens with one attached hydrogen (secondary N) is 2. The van der Waals surface area contributed by atoms with Crippen LogP contribution in [0.1, 0.15) is 29.7 Å². The zero-order chi connectivity index (χ0) is 15.4. The quantitative estimate of drug-likeness (QED) is 0.837. The Bertz CT molecular complexity index is 638. The van der Waals surface area contributed by atoms with Gasteiger partial charge < -0.3 is 10.6 Å². The summed E-state index contributed by atoms with van der Waals surface area (Å²) < 4.78 is 0. The topological polar surface area (TPSA) is 41.1 Å². The van der Waals surface area contributed by atoms with Crippen molar-refractivity contribution in [1.82, 2.24) is 5.32 Å². The van der Waals surface area contributed by atoms with E-state index in [1.165, 1.54) is 11.1 Å². The molecule has 0 bridgehead atoms. The molecule has 2 aromatic rings. The van der Waals surface area contributed by atoms with E-state index < -0.39 is 0 Å². The number of urea groups is 1. The van der Waals surface area contributed by atoms with Crippen LogP contribution in [0.15, 0.2) is 42.5 Å². The molecule has 3 nitrogen and oxygen atoms in total. The molecule has 0 aromatic heterocycles. The molecule has 0 spiro atoms. The average Bonchev–Trinajstić information content (AvgIpc) is 2.41. The van der Waals surface area contributed by atoms with Gasteiger partial charge in [-0.2, -0.15) is 0 Å². The van der Waals surface area contributed by atoms with Gasteiger partial charge in [-0.15, -0.1) is 0 Å². The number of rotatable bonds is 3. The summed E-state index contributed by atoms with van der Waals surface area (Å²) in [5.41, 5.74) is 4.22. The highest BCUT2D eigenvalue weighted by atomic mass is 35.5. The fraction of sp³-hybridized carbons (Fsp3) is 0.235. The molecule has 0 aliphatic heterocycles. The zero-order valence-electron chi connectivity index (χ0n) is 12.4. The molecule has 0 aliphatic carbocycles. The van der Waals surface area contributed by atoms with Gasteiger partial charge in [0.1, 0.15) is 0 Å². The second-order valence-corrected chi connectivity index (χ2v) is 5.62. The molecule has 0 fully saturated rings. The number of hydrogen-bond donors (Lipinski definition) is 2. The fourth-order valence-electron chi connectivity index (χ4n) is 2.29. The SMILES string of the molecule is Cc1ccc(C(C)NC(=O)Nc2ccc(Cl)cc2)c(C)c1. The van der Waals surface area contributed by atoms with Gasteiger partial charge in [-0.1, -0.05) is 35.4 Å². The summed E-state index contributed by atoms with van der Waals surface area (Å²) in [6, 6.07) is 12.9. The van der Waals surface area contributed by atoms with Crippen molar-refractivity contribution in [2.75, 3.05) is 5.32 Å². The number of aryl methyl sites for hydroxylation is 2. The van der Waals surface area contributed by atoms with Crippen LogP contribution >= 0.6 is 11.6 Å². The summed E-state index contributed by atoms with van der Waals surface area (Å²) in [7, 11) is 0. The van der Waals surface area contributed by atoms with Gasteiger partial charge in [0.2, 0.25) is 0 Å². The lowest BCUT2D eigenvalue weighted by molar-refractivity contribution is 0.249. The van der Waals surface area contributed by atoms with Crippen LogP contribution in [0, 0.1) is 13.8 Å². The first-order valence-corrected chi connectivity index (χ1v) is 7.24. The highest BCUT2D eigenvalue weighted by Crippen LogP contribution is 2.19. The van der Waals surface area contributed by atoms with Gasteiger partial charge in [-0.25, -0.2) is 4.79 Å². The molecule has 0 heterocycles. The predicted molar refractivity (Wildman–Crippen MR) is 87.9 cm³/mol. The van der Waals surface area contributed by atoms with Crippen molar-refractivity contribution >= 4 is 23.3 Å². The Balaban J connectivity index is 2.00. The summed E-state index contributed by atoms with van der Waals surface area (Å²) in [5, 5.41) is 6.37. The summed E-state index contributed by atoms with van der Waals surface area (Å²) >= 11 is 5.81. The minimum absolute atomic E-state index is 0.0575. The molecule has 21 heavy (non-hydrogen) atoms. The summed E-state index contributed by atoms with van der Waals surface area (Å²) in [4.78, 5) is 12.0. The van der Waals surface area contributed by atoms with Crippen LogP contribution < -0.4 is 10.6 Å². The third-order valence-corrected chi connectivity index (χ3v) is 3.59. The highest BCUT2D eigenvalue weighted by Gasteiger charge is 2.11. The van der Waals surface area contributed by atoms with E-state index in [0.717, 1.165) is 5.56 Å². The summed E-state index contributed by atoms with van der Waals surface area (Å²) in [6.45, 7) is 6.08. The molecule has 2 rings (SSSR count). The van der Waals surface area contributed by atoms with Crippen molar-refractivity contribution in [3.63, 3.8) is 0 Å². The van der Waals surface area contributed by atoms with E-state index in [1.54, 1.807) is 24.3 Å². The van der Waals surface area contributed by atoms with Gasteiger partial charge in [0.05, 0.1) is 6.04 Å². The molecular weight excluding hydrogens is 284 g/mol. The molecule has 0 saturated carbocycles. The van der Waals surface area contributed by atoms with Gasteiger partial charge in [0.15, 0.2) is 0 Å². The standard InChI is InChI=1S/C17H19ClN2O/c1-11-4-9-16(12(2)10-11)13(3)19-17(21)20-15-7-5-14(18)6-8-15/h4-10,13H,1-3H3,(H2,19,20,21). The maximum atomic E-state index is 12.0. The lowest BCUT2D eigenvalue weighted by atomic mass is 10.0. The van der Waals surface area contributed by atoms with Crippen LogP contribution in [0.25, 0.3) is 0 Å². The Labute approximate surface area is 130 Å². The minimum atomic E-state index is -0.232. The molecule has 1 atom stereocenters. The molecule has 0 saturated heterocycles. The second-order valence-electron chi connectivity index (χ2n) is 5.19. The van der Waals surface area contributed by atoms with Crippen molar-refractivity contribution in [3.8, 4) is 0 Å². The Morgan fingerprint density at radius 3 is 2.38 bits per heavy atom. The number of amides is 2. The summed E-state index contributed by atoms with van der Waals surface area (Å²) in [6.07, 6.45) is 0. The Hall–Kier alpha value is -2.00. The minimum Gasteiger partial charge on any atom is -0.331 e. The maximum absolute atomic E-state index is 12.0. The van der Waals surface area contributed by atoms with Crippen LogP contribution in [0.2, 0.25) is 5.02 Å². The second kappa shape index (κ2) is 6.64. The van der Waals surface area contributed by atoms with E-state index in [2.05, 4.69) is 42.7 Å². The van der Waals surface area contributed by atoms with Gasteiger partial charge in [0, 0.05) is 10.7 Å². The Kier molecular flexibility index (Phi) is 4.86. The van der Waals surface area contributed by atoms with Gasteiger partial charge >= 0.3 is 6.03 Å². The third-order valence-electron chi connectivity index (χ3n) is 3.34. The molecule has 2 N–H and O–H groups in total. The Morgan fingerprint density at radius 2 is 1.76 bits per heavy atom. The molecule has 2 aromatic carbocycles. The van der Waals surface area contributed by atoms with E-state index in [1.807, 2.05) is 6.92 Å². The van der Waals surface area contributed by atoms with Gasteiger partial charge in [-0.05, 0) is 56.2 Å². The van der Waals surface area contributed by atoms with Crippen molar-refractivity contribution in [2.24, 2.45) is 0 Å². The Morgan fingerprint density at radius 1 is 1.10 bits per heavy atom. The number of hydrogen-bond acceptors (Lipinski definition) is 1. The normalized spacial score (nSPS) is 11.8. The number of halogens is 1. The fourth-order valence-corrected chi connectivity index (χ4v) is 2.41. The summed E-state index contributed by atoms with van der Waals surface area (Å²) in [5.74, 6) is 0. The van der Waals surface area contributed by atoms with Crippen LogP contribution in [0.4, 0.5) is 10.5 Å². The largest absolute Gasteiger partial charge is 0.331 e. The van der Waals surface area contributed by atoms with E-state index in [9.17, 15) is 4.79 Å². The molecule has 1 unspecified atom stereocenters. The number of carbonyl (C=O) groups is 1. The van der Waals surface area contributed by atoms with E-state index >= 15 is 0 Å². The van der Waals surface area contributed by atoms with E-state index in [0.29, 0.717) is 10.7 Å². The van der Waals surface area contributed by atoms with Crippen LogP contribution in [-0.4, -0.2) is 6.03 Å². The van der Waals surface area contributed by atoms with Crippen molar-refractivity contribution < 1.29 is 4.79 Å². The van der Waals surface area contributed by atoms with Crippen molar-refractivity contribution in [2.45, 2.75) is 26.8 Å².